The lowest BCUT2D eigenvalue weighted by atomic mass is 10.0. The van der Waals surface area contributed by atoms with E-state index in [1.165, 1.54) is 6.42 Å². The van der Waals surface area contributed by atoms with Crippen LogP contribution in [0.1, 0.15) is 33.1 Å². The third-order valence-electron chi connectivity index (χ3n) is 3.44. The van der Waals surface area contributed by atoms with Gasteiger partial charge in [0.05, 0.1) is 6.54 Å². The van der Waals surface area contributed by atoms with E-state index in [0.717, 1.165) is 32.5 Å². The molecule has 0 aromatic heterocycles. The monoisotopic (exact) mass is 234 g/mol. The fourth-order valence-corrected chi connectivity index (χ4v) is 2.03. The highest BCUT2D eigenvalue weighted by Gasteiger charge is 2.20. The Morgan fingerprint density at radius 2 is 1.94 bits per heavy atom. The van der Waals surface area contributed by atoms with E-state index in [2.05, 4.69) is 19.2 Å². The van der Waals surface area contributed by atoms with Crippen molar-refractivity contribution in [1.82, 2.24) is 10.2 Å². The van der Waals surface area contributed by atoms with Crippen LogP contribution in [-0.2, 0) is 0 Å². The Labute approximate surface area is 97.4 Å². The molecular weight excluding hydrogens is 210 g/mol. The van der Waals surface area contributed by atoms with E-state index in [4.69, 9.17) is 0 Å². The molecule has 0 aliphatic carbocycles. The molecule has 1 aliphatic rings. The molecule has 0 radical (unpaired) electrons. The van der Waals surface area contributed by atoms with Crippen molar-refractivity contribution in [2.75, 3.05) is 26.2 Å². The molecule has 1 aliphatic heterocycles. The molecule has 0 saturated carbocycles. The number of alkyl halides is 2. The number of nitrogens with zero attached hydrogens (tertiary/aromatic N) is 1. The maximum absolute atomic E-state index is 12.2. The Morgan fingerprint density at radius 3 is 2.44 bits per heavy atom. The van der Waals surface area contributed by atoms with Gasteiger partial charge in [-0.1, -0.05) is 20.3 Å². The quantitative estimate of drug-likeness (QED) is 0.759. The molecule has 4 heteroatoms. The highest BCUT2D eigenvalue weighted by atomic mass is 19.3. The lowest BCUT2D eigenvalue weighted by Crippen LogP contribution is -2.44. The van der Waals surface area contributed by atoms with Crippen LogP contribution in [0.3, 0.4) is 0 Å². The van der Waals surface area contributed by atoms with Gasteiger partial charge in [-0.2, -0.15) is 0 Å². The van der Waals surface area contributed by atoms with Crippen molar-refractivity contribution < 1.29 is 8.78 Å². The van der Waals surface area contributed by atoms with E-state index < -0.39 is 6.43 Å². The summed E-state index contributed by atoms with van der Waals surface area (Å²) in [6.07, 6.45) is 1.01. The van der Waals surface area contributed by atoms with Crippen LogP contribution >= 0.6 is 0 Å². The average molecular weight is 234 g/mol. The van der Waals surface area contributed by atoms with E-state index in [0.29, 0.717) is 12.0 Å². The highest BCUT2D eigenvalue weighted by Crippen LogP contribution is 2.12. The predicted octanol–water partition coefficient (Wildman–Crippen LogP) is 2.35. The minimum atomic E-state index is -2.19. The zero-order valence-electron chi connectivity index (χ0n) is 10.4. The number of rotatable bonds is 6. The molecule has 0 bridgehead atoms. The summed E-state index contributed by atoms with van der Waals surface area (Å²) < 4.78 is 24.3. The first-order valence-corrected chi connectivity index (χ1v) is 6.35. The van der Waals surface area contributed by atoms with E-state index in [1.807, 2.05) is 4.90 Å². The van der Waals surface area contributed by atoms with Crippen LogP contribution in [0.15, 0.2) is 0 Å². The molecular formula is C12H24F2N2. The molecule has 1 unspecified atom stereocenters. The zero-order chi connectivity index (χ0) is 12.0. The largest absolute Gasteiger partial charge is 0.314 e. The van der Waals surface area contributed by atoms with Crippen molar-refractivity contribution in [3.8, 4) is 0 Å². The van der Waals surface area contributed by atoms with Crippen LogP contribution in [0.25, 0.3) is 0 Å². The first kappa shape index (κ1) is 13.8. The molecule has 0 spiro atoms. The molecule has 96 valence electrons. The SMILES string of the molecule is CCC(C)CNC1CCN(CC(F)F)CC1. The Hall–Kier alpha value is -0.220. The predicted molar refractivity (Wildman–Crippen MR) is 62.9 cm³/mol. The third-order valence-corrected chi connectivity index (χ3v) is 3.44. The molecule has 16 heavy (non-hydrogen) atoms. The van der Waals surface area contributed by atoms with Crippen LogP contribution in [0, 0.1) is 5.92 Å². The van der Waals surface area contributed by atoms with Gasteiger partial charge in [-0.25, -0.2) is 8.78 Å². The van der Waals surface area contributed by atoms with Gasteiger partial charge in [0.25, 0.3) is 6.43 Å². The van der Waals surface area contributed by atoms with Crippen molar-refractivity contribution in [1.29, 1.82) is 0 Å². The normalized spacial score (nSPS) is 21.6. The van der Waals surface area contributed by atoms with Gasteiger partial charge in [-0.3, -0.25) is 4.90 Å². The summed E-state index contributed by atoms with van der Waals surface area (Å²) in [5.74, 6) is 0.707. The summed E-state index contributed by atoms with van der Waals surface area (Å²) in [7, 11) is 0. The maximum Gasteiger partial charge on any atom is 0.251 e. The second-order valence-corrected chi connectivity index (χ2v) is 4.89. The maximum atomic E-state index is 12.2. The summed E-state index contributed by atoms with van der Waals surface area (Å²) in [6.45, 7) is 7.04. The molecule has 1 fully saturated rings. The van der Waals surface area contributed by atoms with Gasteiger partial charge < -0.3 is 5.32 Å². The van der Waals surface area contributed by atoms with Crippen LogP contribution in [0.5, 0.6) is 0 Å². The molecule has 1 saturated heterocycles. The second-order valence-electron chi connectivity index (χ2n) is 4.89. The number of piperidine rings is 1. The van der Waals surface area contributed by atoms with E-state index in [-0.39, 0.29) is 6.54 Å². The topological polar surface area (TPSA) is 15.3 Å². The fourth-order valence-electron chi connectivity index (χ4n) is 2.03. The Bertz CT molecular complexity index is 180. The van der Waals surface area contributed by atoms with Crippen LogP contribution in [-0.4, -0.2) is 43.5 Å². The smallest absolute Gasteiger partial charge is 0.251 e. The lowest BCUT2D eigenvalue weighted by molar-refractivity contribution is 0.0728. The first-order valence-electron chi connectivity index (χ1n) is 6.35. The van der Waals surface area contributed by atoms with Crippen molar-refractivity contribution in [3.63, 3.8) is 0 Å². The Balaban J connectivity index is 2.12. The molecule has 1 atom stereocenters. The van der Waals surface area contributed by atoms with Crippen molar-refractivity contribution in [2.24, 2.45) is 5.92 Å². The summed E-state index contributed by atoms with van der Waals surface area (Å²) in [4.78, 5) is 1.87. The van der Waals surface area contributed by atoms with Crippen LogP contribution < -0.4 is 5.32 Å². The van der Waals surface area contributed by atoms with E-state index >= 15 is 0 Å². The third kappa shape index (κ3) is 5.21. The standard InChI is InChI=1S/C12H24F2N2/c1-3-10(2)8-15-11-4-6-16(7-5-11)9-12(13)14/h10-12,15H,3-9H2,1-2H3. The van der Waals surface area contributed by atoms with E-state index in [9.17, 15) is 8.78 Å². The molecule has 0 amide bonds. The van der Waals surface area contributed by atoms with Crippen molar-refractivity contribution >= 4 is 0 Å². The molecule has 2 nitrogen and oxygen atoms in total. The van der Waals surface area contributed by atoms with Gasteiger partial charge >= 0.3 is 0 Å². The minimum absolute atomic E-state index is 0.0575. The number of halogens is 2. The summed E-state index contributed by atoms with van der Waals surface area (Å²) in [5.41, 5.74) is 0. The summed E-state index contributed by atoms with van der Waals surface area (Å²) >= 11 is 0. The number of hydrogen-bond donors (Lipinski definition) is 1. The Morgan fingerprint density at radius 1 is 1.31 bits per heavy atom. The number of nitrogens with one attached hydrogen (secondary N) is 1. The number of likely N-dealkylation sites (tertiary alicyclic amines) is 1. The lowest BCUT2D eigenvalue weighted by Gasteiger charge is -2.32. The summed E-state index contributed by atoms with van der Waals surface area (Å²) in [5, 5.41) is 3.53. The number of hydrogen-bond acceptors (Lipinski definition) is 2. The molecule has 1 rings (SSSR count). The van der Waals surface area contributed by atoms with Gasteiger partial charge in [-0.05, 0) is 38.4 Å². The van der Waals surface area contributed by atoms with Gasteiger partial charge in [0.2, 0.25) is 0 Å². The van der Waals surface area contributed by atoms with E-state index in [1.54, 1.807) is 0 Å². The van der Waals surface area contributed by atoms with Gasteiger partial charge in [-0.15, -0.1) is 0 Å². The zero-order valence-corrected chi connectivity index (χ0v) is 10.4. The van der Waals surface area contributed by atoms with Crippen LogP contribution in [0.4, 0.5) is 8.78 Å². The fraction of sp³-hybridized carbons (Fsp3) is 1.00. The van der Waals surface area contributed by atoms with Gasteiger partial charge in [0.1, 0.15) is 0 Å². The highest BCUT2D eigenvalue weighted by molar-refractivity contribution is 4.77. The average Bonchev–Trinajstić information content (AvgIpc) is 2.27. The molecule has 1 N–H and O–H groups in total. The molecule has 1 heterocycles. The molecule has 0 aromatic rings. The second kappa shape index (κ2) is 7.17. The van der Waals surface area contributed by atoms with Gasteiger partial charge in [0.15, 0.2) is 0 Å². The van der Waals surface area contributed by atoms with Gasteiger partial charge in [0, 0.05) is 6.04 Å². The van der Waals surface area contributed by atoms with Crippen molar-refractivity contribution in [3.05, 3.63) is 0 Å². The minimum Gasteiger partial charge on any atom is -0.314 e. The first-order chi connectivity index (χ1) is 7.61. The summed E-state index contributed by atoms with van der Waals surface area (Å²) in [6, 6.07) is 0.530. The van der Waals surface area contributed by atoms with Crippen LogP contribution in [0.2, 0.25) is 0 Å². The molecule has 0 aromatic carbocycles. The Kier molecular flexibility index (Phi) is 6.21. The van der Waals surface area contributed by atoms with Crippen molar-refractivity contribution in [2.45, 2.75) is 45.6 Å².